The summed E-state index contributed by atoms with van der Waals surface area (Å²) < 4.78 is 0. The molecule has 84 valence electrons. The maximum Gasteiger partial charge on any atom is 0.0648 e. The second kappa shape index (κ2) is 5.16. The summed E-state index contributed by atoms with van der Waals surface area (Å²) in [4.78, 5) is 0. The van der Waals surface area contributed by atoms with Gasteiger partial charge in [0.25, 0.3) is 0 Å². The average molecular weight is 198 g/mol. The molecule has 1 rings (SSSR count). The summed E-state index contributed by atoms with van der Waals surface area (Å²) >= 11 is 0. The molecule has 0 aliphatic heterocycles. The number of hydrogen-bond acceptors (Lipinski definition) is 1. The van der Waals surface area contributed by atoms with Crippen LogP contribution in [0.5, 0.6) is 0 Å². The second-order valence-electron chi connectivity index (χ2n) is 5.69. The number of aliphatic hydroxyl groups is 1. The molecule has 0 heterocycles. The maximum absolute atomic E-state index is 10.3. The Morgan fingerprint density at radius 1 is 1.29 bits per heavy atom. The van der Waals surface area contributed by atoms with Crippen LogP contribution in [0.2, 0.25) is 0 Å². The fraction of sp³-hybridized carbons (Fsp3) is 1.00. The summed E-state index contributed by atoms with van der Waals surface area (Å²) in [6.07, 6.45) is 7.99. The van der Waals surface area contributed by atoms with Crippen molar-refractivity contribution in [2.24, 2.45) is 11.8 Å². The van der Waals surface area contributed by atoms with E-state index in [2.05, 4.69) is 20.8 Å². The standard InChI is InChI=1S/C13H26O/c1-11(2)5-4-8-13(14)9-6-12(3)7-10-13/h11-12,14H,4-10H2,1-3H3. The Morgan fingerprint density at radius 3 is 2.36 bits per heavy atom. The third-order valence-corrected chi connectivity index (χ3v) is 3.63. The van der Waals surface area contributed by atoms with Crippen LogP contribution in [-0.4, -0.2) is 10.7 Å². The van der Waals surface area contributed by atoms with E-state index >= 15 is 0 Å². The fourth-order valence-electron chi connectivity index (χ4n) is 2.39. The molecule has 0 spiro atoms. The van der Waals surface area contributed by atoms with Crippen LogP contribution < -0.4 is 0 Å². The lowest BCUT2D eigenvalue weighted by Gasteiger charge is -2.35. The third-order valence-electron chi connectivity index (χ3n) is 3.63. The highest BCUT2D eigenvalue weighted by atomic mass is 16.3. The Labute approximate surface area is 88.9 Å². The van der Waals surface area contributed by atoms with Crippen molar-refractivity contribution >= 4 is 0 Å². The van der Waals surface area contributed by atoms with Crippen LogP contribution in [0.4, 0.5) is 0 Å². The summed E-state index contributed by atoms with van der Waals surface area (Å²) in [6.45, 7) is 6.81. The zero-order chi connectivity index (χ0) is 10.6. The molecule has 1 nitrogen and oxygen atoms in total. The van der Waals surface area contributed by atoms with Gasteiger partial charge < -0.3 is 5.11 Å². The van der Waals surface area contributed by atoms with E-state index in [1.54, 1.807) is 0 Å². The van der Waals surface area contributed by atoms with Crippen molar-refractivity contribution < 1.29 is 5.11 Å². The van der Waals surface area contributed by atoms with Crippen LogP contribution in [0, 0.1) is 11.8 Å². The van der Waals surface area contributed by atoms with Crippen LogP contribution >= 0.6 is 0 Å². The molecule has 0 bridgehead atoms. The predicted octanol–water partition coefficient (Wildman–Crippen LogP) is 3.75. The number of rotatable bonds is 4. The highest BCUT2D eigenvalue weighted by Crippen LogP contribution is 2.35. The second-order valence-corrected chi connectivity index (χ2v) is 5.69. The van der Waals surface area contributed by atoms with Gasteiger partial charge in [-0.05, 0) is 43.9 Å². The van der Waals surface area contributed by atoms with Gasteiger partial charge >= 0.3 is 0 Å². The minimum Gasteiger partial charge on any atom is -0.390 e. The molecule has 0 aromatic carbocycles. The lowest BCUT2D eigenvalue weighted by Crippen LogP contribution is -2.33. The van der Waals surface area contributed by atoms with Gasteiger partial charge in [0, 0.05) is 0 Å². The first kappa shape index (κ1) is 12.0. The first-order valence-electron chi connectivity index (χ1n) is 6.24. The molecule has 0 atom stereocenters. The quantitative estimate of drug-likeness (QED) is 0.729. The molecule has 14 heavy (non-hydrogen) atoms. The van der Waals surface area contributed by atoms with E-state index in [1.807, 2.05) is 0 Å². The van der Waals surface area contributed by atoms with E-state index in [0.717, 1.165) is 31.1 Å². The third kappa shape index (κ3) is 4.00. The minimum atomic E-state index is -0.304. The van der Waals surface area contributed by atoms with Gasteiger partial charge in [-0.1, -0.05) is 33.6 Å². The first-order chi connectivity index (χ1) is 6.52. The zero-order valence-corrected chi connectivity index (χ0v) is 10.1. The molecule has 1 aliphatic rings. The van der Waals surface area contributed by atoms with Crippen molar-refractivity contribution in [3.05, 3.63) is 0 Å². The Kier molecular flexibility index (Phi) is 4.43. The topological polar surface area (TPSA) is 20.2 Å². The van der Waals surface area contributed by atoms with Crippen molar-refractivity contribution in [2.45, 2.75) is 71.3 Å². The minimum absolute atomic E-state index is 0.304. The zero-order valence-electron chi connectivity index (χ0n) is 10.1. The van der Waals surface area contributed by atoms with Crippen molar-refractivity contribution in [3.8, 4) is 0 Å². The molecule has 0 saturated heterocycles. The van der Waals surface area contributed by atoms with Gasteiger partial charge in [-0.25, -0.2) is 0 Å². The van der Waals surface area contributed by atoms with Gasteiger partial charge in [0.2, 0.25) is 0 Å². The molecule has 0 unspecified atom stereocenters. The normalized spacial score (nSPS) is 33.6. The SMILES string of the molecule is CC(C)CCCC1(O)CCC(C)CC1. The Morgan fingerprint density at radius 2 is 1.86 bits per heavy atom. The van der Waals surface area contributed by atoms with Gasteiger partial charge in [-0.15, -0.1) is 0 Å². The molecule has 0 aromatic heterocycles. The van der Waals surface area contributed by atoms with Crippen molar-refractivity contribution in [3.63, 3.8) is 0 Å². The van der Waals surface area contributed by atoms with Gasteiger partial charge in [0.1, 0.15) is 0 Å². The highest BCUT2D eigenvalue weighted by molar-refractivity contribution is 4.84. The van der Waals surface area contributed by atoms with Gasteiger partial charge in [0.05, 0.1) is 5.60 Å². The van der Waals surface area contributed by atoms with Crippen molar-refractivity contribution in [1.82, 2.24) is 0 Å². The van der Waals surface area contributed by atoms with Crippen LogP contribution in [0.15, 0.2) is 0 Å². The Hall–Kier alpha value is -0.0400. The fourth-order valence-corrected chi connectivity index (χ4v) is 2.39. The average Bonchev–Trinajstić information content (AvgIpc) is 2.10. The first-order valence-corrected chi connectivity index (χ1v) is 6.24. The van der Waals surface area contributed by atoms with Crippen LogP contribution in [0.25, 0.3) is 0 Å². The monoisotopic (exact) mass is 198 g/mol. The van der Waals surface area contributed by atoms with Crippen LogP contribution in [0.3, 0.4) is 0 Å². The highest BCUT2D eigenvalue weighted by Gasteiger charge is 2.30. The smallest absolute Gasteiger partial charge is 0.0648 e. The molecular weight excluding hydrogens is 172 g/mol. The van der Waals surface area contributed by atoms with Crippen molar-refractivity contribution in [1.29, 1.82) is 0 Å². The van der Waals surface area contributed by atoms with Gasteiger partial charge in [-0.2, -0.15) is 0 Å². The summed E-state index contributed by atoms with van der Waals surface area (Å²) in [5, 5.41) is 10.3. The lowest BCUT2D eigenvalue weighted by molar-refractivity contribution is -0.0169. The lowest BCUT2D eigenvalue weighted by atomic mass is 9.77. The summed E-state index contributed by atoms with van der Waals surface area (Å²) in [6, 6.07) is 0. The van der Waals surface area contributed by atoms with E-state index < -0.39 is 0 Å². The molecule has 1 saturated carbocycles. The summed E-state index contributed by atoms with van der Waals surface area (Å²) in [7, 11) is 0. The molecule has 0 aromatic rings. The van der Waals surface area contributed by atoms with Crippen molar-refractivity contribution in [2.75, 3.05) is 0 Å². The molecule has 1 heteroatoms. The largest absolute Gasteiger partial charge is 0.390 e. The van der Waals surface area contributed by atoms with E-state index in [-0.39, 0.29) is 5.60 Å². The molecular formula is C13H26O. The molecule has 1 N–H and O–H groups in total. The summed E-state index contributed by atoms with van der Waals surface area (Å²) in [5.41, 5.74) is -0.304. The maximum atomic E-state index is 10.3. The van der Waals surface area contributed by atoms with Crippen LogP contribution in [-0.2, 0) is 0 Å². The van der Waals surface area contributed by atoms with Gasteiger partial charge in [-0.3, -0.25) is 0 Å². The molecule has 0 radical (unpaired) electrons. The predicted molar refractivity (Wildman–Crippen MR) is 61.3 cm³/mol. The summed E-state index contributed by atoms with van der Waals surface area (Å²) in [5.74, 6) is 1.61. The molecule has 1 fully saturated rings. The Balaban J connectivity index is 2.21. The van der Waals surface area contributed by atoms with E-state index in [4.69, 9.17) is 0 Å². The van der Waals surface area contributed by atoms with Gasteiger partial charge in [0.15, 0.2) is 0 Å². The number of hydrogen-bond donors (Lipinski definition) is 1. The van der Waals surface area contributed by atoms with E-state index in [0.29, 0.717) is 0 Å². The van der Waals surface area contributed by atoms with E-state index in [1.165, 1.54) is 25.7 Å². The Bertz CT molecular complexity index is 155. The molecule has 0 amide bonds. The van der Waals surface area contributed by atoms with E-state index in [9.17, 15) is 5.11 Å². The van der Waals surface area contributed by atoms with Crippen LogP contribution in [0.1, 0.15) is 65.7 Å². The molecule has 1 aliphatic carbocycles.